The van der Waals surface area contributed by atoms with Crippen molar-refractivity contribution in [1.29, 1.82) is 0 Å². The fourth-order valence-electron chi connectivity index (χ4n) is 3.68. The lowest BCUT2D eigenvalue weighted by Crippen LogP contribution is -2.47. The van der Waals surface area contributed by atoms with E-state index >= 15 is 0 Å². The van der Waals surface area contributed by atoms with Crippen LogP contribution in [-0.2, 0) is 17.6 Å². The summed E-state index contributed by atoms with van der Waals surface area (Å²) in [7, 11) is 0. The standard InChI is InChI=1S/C19H28N2O2S/c1-12(2)19(23)21-8-6-15(7-9-21)20-18(22)17-11-14-10-13(3)4-5-16(14)24-17/h11-13,15H,4-10H2,1-3H3,(H,20,22)/t13-/m0/s1. The summed E-state index contributed by atoms with van der Waals surface area (Å²) in [6.45, 7) is 7.67. The van der Waals surface area contributed by atoms with Crippen molar-refractivity contribution in [3.63, 3.8) is 0 Å². The number of nitrogens with zero attached hydrogens (tertiary/aromatic N) is 1. The summed E-state index contributed by atoms with van der Waals surface area (Å²) in [6.07, 6.45) is 5.16. The molecular formula is C19H28N2O2S. The average molecular weight is 349 g/mol. The Hall–Kier alpha value is -1.36. The minimum absolute atomic E-state index is 0.0518. The molecule has 132 valence electrons. The number of fused-ring (bicyclic) bond motifs is 1. The molecule has 0 radical (unpaired) electrons. The van der Waals surface area contributed by atoms with Crippen molar-refractivity contribution in [2.75, 3.05) is 13.1 Å². The lowest BCUT2D eigenvalue weighted by Gasteiger charge is -2.33. The molecule has 1 aromatic heterocycles. The number of carbonyl (C=O) groups excluding carboxylic acids is 2. The second kappa shape index (κ2) is 7.26. The van der Waals surface area contributed by atoms with E-state index < -0.39 is 0 Å². The summed E-state index contributed by atoms with van der Waals surface area (Å²) in [6, 6.07) is 2.29. The van der Waals surface area contributed by atoms with Gasteiger partial charge in [0.2, 0.25) is 5.91 Å². The lowest BCUT2D eigenvalue weighted by molar-refractivity contribution is -0.135. The number of carbonyl (C=O) groups is 2. The van der Waals surface area contributed by atoms with Gasteiger partial charge in [0.05, 0.1) is 4.88 Å². The molecule has 0 spiro atoms. The van der Waals surface area contributed by atoms with Gasteiger partial charge in [0.25, 0.3) is 5.91 Å². The SMILES string of the molecule is CC(C)C(=O)N1CCC(NC(=O)c2cc3c(s2)CC[C@H](C)C3)CC1. The lowest BCUT2D eigenvalue weighted by atomic mass is 9.90. The Kier molecular flexibility index (Phi) is 5.28. The second-order valence-corrected chi connectivity index (χ2v) is 8.77. The van der Waals surface area contributed by atoms with E-state index in [4.69, 9.17) is 0 Å². The molecule has 2 heterocycles. The molecule has 0 saturated carbocycles. The zero-order chi connectivity index (χ0) is 17.3. The molecule has 0 aromatic carbocycles. The minimum atomic E-state index is 0.0518. The van der Waals surface area contributed by atoms with Gasteiger partial charge in [-0.25, -0.2) is 0 Å². The molecule has 1 fully saturated rings. The van der Waals surface area contributed by atoms with E-state index in [1.54, 1.807) is 11.3 Å². The Morgan fingerprint density at radius 1 is 1.25 bits per heavy atom. The van der Waals surface area contributed by atoms with Crippen LogP contribution < -0.4 is 5.32 Å². The maximum absolute atomic E-state index is 12.6. The third-order valence-corrected chi connectivity index (χ3v) is 6.42. The summed E-state index contributed by atoms with van der Waals surface area (Å²) in [5.74, 6) is 1.07. The van der Waals surface area contributed by atoms with E-state index in [2.05, 4.69) is 18.3 Å². The smallest absolute Gasteiger partial charge is 0.261 e. The van der Waals surface area contributed by atoms with E-state index in [1.165, 1.54) is 16.9 Å². The monoisotopic (exact) mass is 348 g/mol. The molecule has 4 nitrogen and oxygen atoms in total. The Labute approximate surface area is 148 Å². The Balaban J connectivity index is 1.54. The highest BCUT2D eigenvalue weighted by molar-refractivity contribution is 7.14. The summed E-state index contributed by atoms with van der Waals surface area (Å²) >= 11 is 1.67. The first-order valence-electron chi connectivity index (χ1n) is 9.15. The first-order valence-corrected chi connectivity index (χ1v) is 9.97. The molecule has 1 N–H and O–H groups in total. The number of piperidine rings is 1. The number of hydrogen-bond acceptors (Lipinski definition) is 3. The van der Waals surface area contributed by atoms with Crippen LogP contribution >= 0.6 is 11.3 Å². The van der Waals surface area contributed by atoms with Crippen LogP contribution in [0.2, 0.25) is 0 Å². The number of hydrogen-bond donors (Lipinski definition) is 1. The summed E-state index contributed by atoms with van der Waals surface area (Å²) in [5, 5.41) is 3.18. The number of amides is 2. The van der Waals surface area contributed by atoms with Crippen molar-refractivity contribution < 1.29 is 9.59 Å². The van der Waals surface area contributed by atoms with Gasteiger partial charge in [-0.1, -0.05) is 20.8 Å². The van der Waals surface area contributed by atoms with E-state index in [9.17, 15) is 9.59 Å². The molecule has 24 heavy (non-hydrogen) atoms. The Morgan fingerprint density at radius 3 is 2.62 bits per heavy atom. The molecule has 1 atom stereocenters. The van der Waals surface area contributed by atoms with Crippen molar-refractivity contribution in [2.24, 2.45) is 11.8 Å². The van der Waals surface area contributed by atoms with Crippen molar-refractivity contribution >= 4 is 23.2 Å². The van der Waals surface area contributed by atoms with Crippen LogP contribution in [0.3, 0.4) is 0 Å². The Morgan fingerprint density at radius 2 is 1.96 bits per heavy atom. The average Bonchev–Trinajstić information content (AvgIpc) is 2.98. The maximum Gasteiger partial charge on any atom is 0.261 e. The maximum atomic E-state index is 12.6. The van der Waals surface area contributed by atoms with Gasteiger partial charge in [0.1, 0.15) is 0 Å². The topological polar surface area (TPSA) is 49.4 Å². The van der Waals surface area contributed by atoms with Crippen molar-refractivity contribution in [1.82, 2.24) is 10.2 Å². The van der Waals surface area contributed by atoms with Gasteiger partial charge < -0.3 is 10.2 Å². The van der Waals surface area contributed by atoms with Crippen LogP contribution in [0.1, 0.15) is 60.1 Å². The number of nitrogens with one attached hydrogen (secondary N) is 1. The zero-order valence-corrected chi connectivity index (χ0v) is 15.7. The molecule has 1 aliphatic heterocycles. The van der Waals surface area contributed by atoms with Gasteiger partial charge in [-0.15, -0.1) is 11.3 Å². The second-order valence-electron chi connectivity index (χ2n) is 7.63. The Bertz CT molecular complexity index is 615. The summed E-state index contributed by atoms with van der Waals surface area (Å²) in [4.78, 5) is 28.8. The van der Waals surface area contributed by atoms with Crippen LogP contribution in [0.25, 0.3) is 0 Å². The van der Waals surface area contributed by atoms with E-state index in [1.807, 2.05) is 18.7 Å². The van der Waals surface area contributed by atoms with E-state index in [-0.39, 0.29) is 23.8 Å². The largest absolute Gasteiger partial charge is 0.348 e. The summed E-state index contributed by atoms with van der Waals surface area (Å²) in [5.41, 5.74) is 1.38. The molecule has 0 unspecified atom stereocenters. The first kappa shape index (κ1) is 17.5. The molecule has 1 aromatic rings. The number of rotatable bonds is 3. The zero-order valence-electron chi connectivity index (χ0n) is 14.9. The van der Waals surface area contributed by atoms with Crippen LogP contribution in [0.4, 0.5) is 0 Å². The highest BCUT2D eigenvalue weighted by atomic mass is 32.1. The van der Waals surface area contributed by atoms with Gasteiger partial charge in [-0.2, -0.15) is 0 Å². The molecule has 0 bridgehead atoms. The number of likely N-dealkylation sites (tertiary alicyclic amines) is 1. The minimum Gasteiger partial charge on any atom is -0.348 e. The third kappa shape index (κ3) is 3.82. The fraction of sp³-hybridized carbons (Fsp3) is 0.684. The summed E-state index contributed by atoms with van der Waals surface area (Å²) < 4.78 is 0. The van der Waals surface area contributed by atoms with Crippen molar-refractivity contribution in [2.45, 2.75) is 58.9 Å². The van der Waals surface area contributed by atoms with Crippen molar-refractivity contribution in [3.05, 3.63) is 21.4 Å². The predicted octanol–water partition coefficient (Wildman–Crippen LogP) is 3.25. The molecule has 2 aliphatic rings. The molecule has 3 rings (SSSR count). The van der Waals surface area contributed by atoms with Gasteiger partial charge in [0, 0.05) is 29.9 Å². The fourth-order valence-corrected chi connectivity index (χ4v) is 4.80. The highest BCUT2D eigenvalue weighted by Gasteiger charge is 2.26. The molecular weight excluding hydrogens is 320 g/mol. The van der Waals surface area contributed by atoms with Gasteiger partial charge in [0.15, 0.2) is 0 Å². The van der Waals surface area contributed by atoms with Crippen LogP contribution in [0, 0.1) is 11.8 Å². The van der Waals surface area contributed by atoms with E-state index in [0.29, 0.717) is 0 Å². The molecule has 5 heteroatoms. The molecule has 2 amide bonds. The molecule has 1 saturated heterocycles. The number of aryl methyl sites for hydroxylation is 1. The predicted molar refractivity (Wildman–Crippen MR) is 97.4 cm³/mol. The molecule has 1 aliphatic carbocycles. The quantitative estimate of drug-likeness (QED) is 0.911. The third-order valence-electron chi connectivity index (χ3n) is 5.19. The van der Waals surface area contributed by atoms with Crippen LogP contribution in [0.5, 0.6) is 0 Å². The number of thiophene rings is 1. The highest BCUT2D eigenvalue weighted by Crippen LogP contribution is 2.32. The van der Waals surface area contributed by atoms with Crippen LogP contribution in [-0.4, -0.2) is 35.8 Å². The van der Waals surface area contributed by atoms with Crippen molar-refractivity contribution in [3.8, 4) is 0 Å². The first-order chi connectivity index (χ1) is 11.4. The van der Waals surface area contributed by atoms with Gasteiger partial charge in [-0.05, 0) is 49.7 Å². The van der Waals surface area contributed by atoms with Crippen LogP contribution in [0.15, 0.2) is 6.07 Å². The normalized spacial score (nSPS) is 21.7. The van der Waals surface area contributed by atoms with E-state index in [0.717, 1.165) is 49.6 Å². The van der Waals surface area contributed by atoms with Gasteiger partial charge >= 0.3 is 0 Å². The van der Waals surface area contributed by atoms with Gasteiger partial charge in [-0.3, -0.25) is 9.59 Å².